The number of rotatable bonds is 4. The molecule has 0 aliphatic carbocycles. The summed E-state index contributed by atoms with van der Waals surface area (Å²) in [7, 11) is 0. The zero-order chi connectivity index (χ0) is 16.2. The number of hydrogen-bond acceptors (Lipinski definition) is 6. The van der Waals surface area contributed by atoms with Gasteiger partial charge in [-0.05, 0) is 12.5 Å². The predicted molar refractivity (Wildman–Crippen MR) is 95.9 cm³/mol. The summed E-state index contributed by atoms with van der Waals surface area (Å²) in [6.45, 7) is 2.08. The van der Waals surface area contributed by atoms with Crippen LogP contribution in [0.2, 0.25) is 0 Å². The van der Waals surface area contributed by atoms with Crippen LogP contribution in [0.5, 0.6) is 0 Å². The molecule has 0 spiro atoms. The van der Waals surface area contributed by atoms with Gasteiger partial charge in [-0.1, -0.05) is 36.9 Å². The molecule has 1 aromatic rings. The predicted octanol–water partition coefficient (Wildman–Crippen LogP) is 4.35. The Morgan fingerprint density at radius 1 is 1.52 bits per heavy atom. The van der Waals surface area contributed by atoms with Crippen LogP contribution in [-0.2, 0) is 4.74 Å². The molecule has 2 atom stereocenters. The Labute approximate surface area is 143 Å². The molecule has 0 radical (unpaired) electrons. The number of hydrogen-bond donors (Lipinski definition) is 1. The van der Waals surface area contributed by atoms with Crippen LogP contribution in [-0.4, -0.2) is 21.9 Å². The fourth-order valence-corrected chi connectivity index (χ4v) is 5.46. The van der Waals surface area contributed by atoms with Gasteiger partial charge in [0.25, 0.3) is 0 Å². The lowest BCUT2D eigenvalue weighted by molar-refractivity contribution is 0.239. The minimum Gasteiger partial charge on any atom is -0.476 e. The topological polar surface area (TPSA) is 69.8 Å². The Morgan fingerprint density at radius 2 is 2.39 bits per heavy atom. The fourth-order valence-electron chi connectivity index (χ4n) is 2.39. The summed E-state index contributed by atoms with van der Waals surface area (Å²) in [5.41, 5.74) is 2.42. The van der Waals surface area contributed by atoms with E-state index in [-0.39, 0.29) is 10.7 Å². The minimum absolute atomic E-state index is 0.0804. The maximum absolute atomic E-state index is 9.54. The average Bonchev–Trinajstić information content (AvgIpc) is 3.12. The Kier molecular flexibility index (Phi) is 4.89. The number of aromatic nitrogens is 1. The molecule has 2 unspecified atom stereocenters. The van der Waals surface area contributed by atoms with Crippen molar-refractivity contribution < 1.29 is 4.74 Å². The molecule has 6 heteroatoms. The third kappa shape index (κ3) is 3.07. The highest BCUT2D eigenvalue weighted by molar-refractivity contribution is 8.26. The van der Waals surface area contributed by atoms with Crippen LogP contribution in [0.3, 0.4) is 0 Å². The molecule has 2 aliphatic rings. The van der Waals surface area contributed by atoms with Gasteiger partial charge in [0.2, 0.25) is 0 Å². The van der Waals surface area contributed by atoms with Crippen LogP contribution in [0.25, 0.3) is 5.57 Å². The lowest BCUT2D eigenvalue weighted by atomic mass is 10.1. The number of nitrogens with one attached hydrogen (secondary N) is 1. The number of thioether (sulfide) groups is 2. The van der Waals surface area contributed by atoms with Crippen molar-refractivity contribution in [1.82, 2.24) is 4.98 Å². The van der Waals surface area contributed by atoms with Gasteiger partial charge >= 0.3 is 0 Å². The van der Waals surface area contributed by atoms with Crippen molar-refractivity contribution in [3.05, 3.63) is 57.8 Å². The van der Waals surface area contributed by atoms with Crippen molar-refractivity contribution in [2.24, 2.45) is 0 Å². The van der Waals surface area contributed by atoms with E-state index >= 15 is 0 Å². The van der Waals surface area contributed by atoms with Gasteiger partial charge in [-0.25, -0.2) is 0 Å². The molecule has 23 heavy (non-hydrogen) atoms. The van der Waals surface area contributed by atoms with Gasteiger partial charge in [0.15, 0.2) is 5.44 Å². The van der Waals surface area contributed by atoms with Crippen molar-refractivity contribution in [1.29, 1.82) is 10.7 Å². The monoisotopic (exact) mass is 341 g/mol. The van der Waals surface area contributed by atoms with E-state index in [1.165, 1.54) is 6.21 Å². The Balaban J connectivity index is 1.93. The van der Waals surface area contributed by atoms with Crippen molar-refractivity contribution in [2.45, 2.75) is 24.0 Å². The van der Waals surface area contributed by atoms with E-state index in [9.17, 15) is 5.26 Å². The molecule has 0 saturated carbocycles. The van der Waals surface area contributed by atoms with Crippen molar-refractivity contribution in [3.8, 4) is 6.07 Å². The molecule has 0 aromatic carbocycles. The quantitative estimate of drug-likeness (QED) is 0.651. The van der Waals surface area contributed by atoms with Gasteiger partial charge < -0.3 is 10.1 Å². The number of ether oxygens (including phenoxy) is 1. The molecule has 4 nitrogen and oxygen atoms in total. The van der Waals surface area contributed by atoms with Gasteiger partial charge in [-0.2, -0.15) is 5.26 Å². The molecule has 3 heterocycles. The highest BCUT2D eigenvalue weighted by Crippen LogP contribution is 2.56. The smallest absolute Gasteiger partial charge is 0.165 e. The summed E-state index contributed by atoms with van der Waals surface area (Å²) in [6.07, 6.45) is 9.72. The summed E-state index contributed by atoms with van der Waals surface area (Å²) in [4.78, 5) is 4.09. The normalized spacial score (nSPS) is 25.2. The van der Waals surface area contributed by atoms with E-state index in [0.717, 1.165) is 21.8 Å². The van der Waals surface area contributed by atoms with Gasteiger partial charge in [0.05, 0.1) is 21.3 Å². The van der Waals surface area contributed by atoms with Crippen LogP contribution in [0.4, 0.5) is 0 Å². The van der Waals surface area contributed by atoms with Crippen molar-refractivity contribution >= 4 is 35.3 Å². The molecule has 0 amide bonds. The molecule has 3 rings (SSSR count). The molecule has 1 aromatic heterocycles. The minimum atomic E-state index is -0.0804. The molecule has 0 bridgehead atoms. The summed E-state index contributed by atoms with van der Waals surface area (Å²) in [6, 6.07) is 6.02. The maximum atomic E-state index is 9.54. The Hall–Kier alpha value is -1.97. The lowest BCUT2D eigenvalue weighted by Crippen LogP contribution is -2.10. The van der Waals surface area contributed by atoms with Gasteiger partial charge in [-0.3, -0.25) is 4.98 Å². The first kappa shape index (κ1) is 15.9. The standard InChI is InChI=1S/C17H15N3OS2/c1-2-3-6-12-14(9-19)21-16-15(12)22-17(23-16)13(8-18)11-5-4-7-20-10-11/h3-7,9-10,15-16,19H,2H2,1H3/b6-3-,17-13-,19-9?. The second-order valence-electron chi connectivity index (χ2n) is 4.93. The van der Waals surface area contributed by atoms with Crippen LogP contribution < -0.4 is 0 Å². The van der Waals surface area contributed by atoms with E-state index in [1.54, 1.807) is 35.9 Å². The van der Waals surface area contributed by atoms with Crippen molar-refractivity contribution in [3.63, 3.8) is 0 Å². The highest BCUT2D eigenvalue weighted by atomic mass is 32.2. The summed E-state index contributed by atoms with van der Waals surface area (Å²) in [5.74, 6) is 0.628. The molecule has 1 N–H and O–H groups in total. The summed E-state index contributed by atoms with van der Waals surface area (Å²) < 4.78 is 6.83. The molecular weight excluding hydrogens is 326 g/mol. The first-order valence-corrected chi connectivity index (χ1v) is 9.00. The number of nitrogens with zero attached hydrogens (tertiary/aromatic N) is 2. The SMILES string of the molecule is CC/C=C\C1=C(C=N)OC2S/C(=C(/C#N)c3cccnc3)SC12. The van der Waals surface area contributed by atoms with E-state index in [4.69, 9.17) is 10.1 Å². The van der Waals surface area contributed by atoms with Gasteiger partial charge in [0.1, 0.15) is 11.8 Å². The van der Waals surface area contributed by atoms with E-state index in [1.807, 2.05) is 18.2 Å². The number of fused-ring (bicyclic) bond motifs is 1. The van der Waals surface area contributed by atoms with Gasteiger partial charge in [-0.15, -0.1) is 11.8 Å². The van der Waals surface area contributed by atoms with Crippen LogP contribution in [0.15, 0.2) is 52.2 Å². The zero-order valence-electron chi connectivity index (χ0n) is 12.5. The first-order chi connectivity index (χ1) is 11.3. The van der Waals surface area contributed by atoms with E-state index in [0.29, 0.717) is 11.3 Å². The third-order valence-electron chi connectivity index (χ3n) is 3.47. The number of allylic oxidation sites excluding steroid dienone is 4. The second kappa shape index (κ2) is 7.07. The Morgan fingerprint density at radius 3 is 3.04 bits per heavy atom. The molecule has 1 fully saturated rings. The maximum Gasteiger partial charge on any atom is 0.165 e. The zero-order valence-corrected chi connectivity index (χ0v) is 14.2. The Bertz CT molecular complexity index is 747. The summed E-state index contributed by atoms with van der Waals surface area (Å²) >= 11 is 3.20. The molecule has 1 saturated heterocycles. The highest BCUT2D eigenvalue weighted by Gasteiger charge is 2.43. The van der Waals surface area contributed by atoms with Crippen molar-refractivity contribution in [2.75, 3.05) is 0 Å². The molecule has 116 valence electrons. The lowest BCUT2D eigenvalue weighted by Gasteiger charge is -2.06. The second-order valence-corrected chi connectivity index (χ2v) is 7.45. The van der Waals surface area contributed by atoms with E-state index < -0.39 is 0 Å². The van der Waals surface area contributed by atoms with Crippen LogP contribution >= 0.6 is 23.5 Å². The van der Waals surface area contributed by atoms with Gasteiger partial charge in [0, 0.05) is 23.5 Å². The molecule has 2 aliphatic heterocycles. The largest absolute Gasteiger partial charge is 0.476 e. The molecular formula is C17H15N3OS2. The van der Waals surface area contributed by atoms with Crippen LogP contribution in [0.1, 0.15) is 18.9 Å². The van der Waals surface area contributed by atoms with Crippen LogP contribution in [0, 0.1) is 16.7 Å². The third-order valence-corrected chi connectivity index (χ3v) is 6.41. The summed E-state index contributed by atoms with van der Waals surface area (Å²) in [5, 5.41) is 17.2. The number of nitriles is 1. The average molecular weight is 341 g/mol. The first-order valence-electron chi connectivity index (χ1n) is 7.24. The fraction of sp³-hybridized carbons (Fsp3) is 0.235. The number of pyridine rings is 1. The van der Waals surface area contributed by atoms with E-state index in [2.05, 4.69) is 24.1 Å².